The Hall–Kier alpha value is -4.09. The Kier molecular flexibility index (Phi) is 8.50. The number of ether oxygens (including phenoxy) is 2. The summed E-state index contributed by atoms with van der Waals surface area (Å²) in [7, 11) is 0. The number of esters is 2. The summed E-state index contributed by atoms with van der Waals surface area (Å²) in [4.78, 5) is 34.2. The van der Waals surface area contributed by atoms with Crippen LogP contribution in [0.4, 0.5) is 0 Å². The van der Waals surface area contributed by atoms with Gasteiger partial charge in [-0.05, 0) is 72.2 Å². The third-order valence-corrected chi connectivity index (χ3v) is 9.11. The summed E-state index contributed by atoms with van der Waals surface area (Å²) in [5, 5.41) is 33.8. The Balaban J connectivity index is 0.000000157. The number of nitrogens with zero attached hydrogens (tertiary/aromatic N) is 4. The zero-order chi connectivity index (χ0) is 31.0. The molecule has 7 rings (SSSR count). The highest BCUT2D eigenvalue weighted by Crippen LogP contribution is 2.47. The van der Waals surface area contributed by atoms with Crippen LogP contribution in [0.2, 0.25) is 0 Å². The number of rotatable bonds is 7. The van der Waals surface area contributed by atoms with Gasteiger partial charge in [0.05, 0.1) is 39.4 Å². The second kappa shape index (κ2) is 12.5. The van der Waals surface area contributed by atoms with Crippen molar-refractivity contribution in [3.8, 4) is 32.6 Å². The van der Waals surface area contributed by atoms with Crippen molar-refractivity contribution in [3.63, 3.8) is 0 Å². The van der Waals surface area contributed by atoms with Gasteiger partial charge in [0, 0.05) is 5.92 Å². The number of aromatic nitrogens is 4. The van der Waals surface area contributed by atoms with Crippen LogP contribution in [-0.4, -0.2) is 55.6 Å². The number of carbonyl (C=O) groups excluding carboxylic acids is 2. The highest BCUT2D eigenvalue weighted by Gasteiger charge is 2.34. The van der Waals surface area contributed by atoms with Gasteiger partial charge < -0.3 is 28.7 Å². The summed E-state index contributed by atoms with van der Waals surface area (Å²) >= 11 is 5.02. The summed E-state index contributed by atoms with van der Waals surface area (Å²) < 4.78 is 20.9. The molecule has 6 aromatic heterocycles. The van der Waals surface area contributed by atoms with Crippen molar-refractivity contribution in [2.24, 2.45) is 0 Å². The lowest BCUT2D eigenvalue weighted by Gasteiger charge is -2.07. The standard InChI is InChI=1S/C16H14N2O4S.C13H9IN2O4S/c1-2-21-16(20)13-14(19)15-10(11(17-13)8-5-6-8)12(18-22-15)9-4-3-7-23-9;1-2-19-13(18)9-10(17)11-7(12(14)15-9)8(16-20-11)6-4-3-5-21-6/h3-4,7-8,19H,2,5-6H2,1H3;3-5,17H,2H2,1H3. The molecule has 0 saturated heterocycles. The van der Waals surface area contributed by atoms with Gasteiger partial charge in [-0.25, -0.2) is 19.6 Å². The molecular weight excluding hydrogens is 723 g/mol. The van der Waals surface area contributed by atoms with Crippen molar-refractivity contribution in [2.45, 2.75) is 32.6 Å². The maximum Gasteiger partial charge on any atom is 0.361 e. The minimum atomic E-state index is -0.691. The van der Waals surface area contributed by atoms with Crippen LogP contribution in [0.1, 0.15) is 59.3 Å². The highest BCUT2D eigenvalue weighted by molar-refractivity contribution is 14.1. The van der Waals surface area contributed by atoms with Gasteiger partial charge in [0.15, 0.2) is 22.9 Å². The van der Waals surface area contributed by atoms with Gasteiger partial charge in [0.2, 0.25) is 11.2 Å². The van der Waals surface area contributed by atoms with E-state index in [0.29, 0.717) is 25.9 Å². The Bertz CT molecular complexity index is 1980. The quantitative estimate of drug-likeness (QED) is 0.0962. The van der Waals surface area contributed by atoms with Crippen molar-refractivity contribution < 1.29 is 38.3 Å². The van der Waals surface area contributed by atoms with Crippen LogP contribution in [0.15, 0.2) is 44.1 Å². The Labute approximate surface area is 270 Å². The molecule has 1 aliphatic carbocycles. The summed E-state index contributed by atoms with van der Waals surface area (Å²) in [5.74, 6) is -1.73. The molecule has 6 heterocycles. The van der Waals surface area contributed by atoms with Gasteiger partial charge in [0.1, 0.15) is 15.1 Å². The van der Waals surface area contributed by atoms with E-state index in [1.54, 1.807) is 13.8 Å². The molecule has 0 bridgehead atoms. The molecule has 1 aliphatic rings. The summed E-state index contributed by atoms with van der Waals surface area (Å²) in [6, 6.07) is 7.66. The third-order valence-electron chi connectivity index (χ3n) is 6.58. The van der Waals surface area contributed by atoms with Crippen LogP contribution in [-0.2, 0) is 9.47 Å². The fraction of sp³-hybridized carbons (Fsp3) is 0.241. The molecular formula is C29H23IN4O8S2. The normalized spacial score (nSPS) is 12.7. The number of halogens is 1. The van der Waals surface area contributed by atoms with Crippen molar-refractivity contribution >= 4 is 79.1 Å². The van der Waals surface area contributed by atoms with Crippen LogP contribution in [0.25, 0.3) is 43.1 Å². The van der Waals surface area contributed by atoms with E-state index in [0.717, 1.165) is 28.3 Å². The molecule has 2 N–H and O–H groups in total. The van der Waals surface area contributed by atoms with E-state index in [1.807, 2.05) is 57.6 Å². The molecule has 0 amide bonds. The first kappa shape index (κ1) is 30.0. The number of aromatic hydroxyl groups is 2. The molecule has 1 saturated carbocycles. The zero-order valence-electron chi connectivity index (χ0n) is 23.2. The number of hydrogen-bond acceptors (Lipinski definition) is 14. The molecule has 0 atom stereocenters. The lowest BCUT2D eigenvalue weighted by Crippen LogP contribution is -2.09. The van der Waals surface area contributed by atoms with Gasteiger partial charge in [0.25, 0.3) is 0 Å². The molecule has 6 aromatic rings. The second-order valence-corrected chi connectivity index (χ2v) is 12.4. The molecule has 12 nitrogen and oxygen atoms in total. The van der Waals surface area contributed by atoms with E-state index in [-0.39, 0.29) is 53.2 Å². The van der Waals surface area contributed by atoms with Gasteiger partial charge in [-0.2, -0.15) is 0 Å². The van der Waals surface area contributed by atoms with Crippen LogP contribution in [0.5, 0.6) is 11.5 Å². The van der Waals surface area contributed by atoms with Gasteiger partial charge in [-0.1, -0.05) is 22.4 Å². The predicted octanol–water partition coefficient (Wildman–Crippen LogP) is 7.15. The van der Waals surface area contributed by atoms with Gasteiger partial charge >= 0.3 is 11.9 Å². The van der Waals surface area contributed by atoms with Crippen molar-refractivity contribution in [1.29, 1.82) is 0 Å². The van der Waals surface area contributed by atoms with E-state index in [1.165, 1.54) is 22.7 Å². The lowest BCUT2D eigenvalue weighted by molar-refractivity contribution is 0.0505. The van der Waals surface area contributed by atoms with E-state index in [2.05, 4.69) is 20.3 Å². The smallest absolute Gasteiger partial charge is 0.361 e. The van der Waals surface area contributed by atoms with Crippen molar-refractivity contribution in [2.75, 3.05) is 13.2 Å². The third kappa shape index (κ3) is 5.50. The highest BCUT2D eigenvalue weighted by atomic mass is 127. The first-order valence-corrected chi connectivity index (χ1v) is 16.3. The van der Waals surface area contributed by atoms with Crippen molar-refractivity contribution in [3.05, 3.63) is 55.8 Å². The fourth-order valence-electron chi connectivity index (χ4n) is 4.48. The largest absolute Gasteiger partial charge is 0.502 e. The lowest BCUT2D eigenvalue weighted by atomic mass is 10.1. The SMILES string of the molecule is CCOC(=O)c1nc(C2CC2)c2c(-c3cccs3)noc2c1O.CCOC(=O)c1nc(I)c2c(-c3cccs3)noc2c1O. The molecule has 0 aromatic carbocycles. The van der Waals surface area contributed by atoms with Crippen LogP contribution < -0.4 is 0 Å². The maximum absolute atomic E-state index is 12.0. The van der Waals surface area contributed by atoms with E-state index < -0.39 is 11.9 Å². The van der Waals surface area contributed by atoms with Gasteiger partial charge in [-0.3, -0.25) is 0 Å². The van der Waals surface area contributed by atoms with E-state index in [4.69, 9.17) is 18.5 Å². The molecule has 15 heteroatoms. The Morgan fingerprint density at radius 3 is 1.84 bits per heavy atom. The molecule has 0 radical (unpaired) electrons. The number of carbonyl (C=O) groups is 2. The molecule has 0 spiro atoms. The molecule has 0 unspecified atom stereocenters. The van der Waals surface area contributed by atoms with Crippen LogP contribution in [0, 0.1) is 3.70 Å². The second-order valence-electron chi connectivity index (χ2n) is 9.43. The van der Waals surface area contributed by atoms with Gasteiger partial charge in [-0.15, -0.1) is 22.7 Å². The van der Waals surface area contributed by atoms with E-state index >= 15 is 0 Å². The summed E-state index contributed by atoms with van der Waals surface area (Å²) in [6.07, 6.45) is 2.01. The summed E-state index contributed by atoms with van der Waals surface area (Å²) in [6.45, 7) is 3.80. The maximum atomic E-state index is 12.0. The zero-order valence-corrected chi connectivity index (χ0v) is 27.0. The topological polar surface area (TPSA) is 171 Å². The predicted molar refractivity (Wildman–Crippen MR) is 170 cm³/mol. The minimum Gasteiger partial charge on any atom is -0.502 e. The molecule has 1 fully saturated rings. The average Bonchev–Trinajstić information content (AvgIpc) is 3.50. The number of pyridine rings is 2. The monoisotopic (exact) mass is 746 g/mol. The minimum absolute atomic E-state index is 0.102. The average molecular weight is 747 g/mol. The Morgan fingerprint density at radius 1 is 0.864 bits per heavy atom. The molecule has 226 valence electrons. The first-order valence-electron chi connectivity index (χ1n) is 13.5. The van der Waals surface area contributed by atoms with Crippen molar-refractivity contribution in [1.82, 2.24) is 20.3 Å². The number of thiophene rings is 2. The van der Waals surface area contributed by atoms with E-state index in [9.17, 15) is 19.8 Å². The number of fused-ring (bicyclic) bond motifs is 2. The van der Waals surface area contributed by atoms with Crippen LogP contribution >= 0.6 is 45.3 Å². The summed E-state index contributed by atoms with van der Waals surface area (Å²) in [5.41, 5.74) is 2.09. The first-order chi connectivity index (χ1) is 21.3. The molecule has 44 heavy (non-hydrogen) atoms. The molecule has 0 aliphatic heterocycles. The van der Waals surface area contributed by atoms with Crippen LogP contribution in [0.3, 0.4) is 0 Å². The Morgan fingerprint density at radius 2 is 1.36 bits per heavy atom. The fourth-order valence-corrected chi connectivity index (χ4v) is 6.65. The number of hydrogen-bond donors (Lipinski definition) is 2.